The molecular formula is C20H21N3O3S2. The van der Waals surface area contributed by atoms with Crippen molar-refractivity contribution in [1.29, 1.82) is 0 Å². The molecule has 2 N–H and O–H groups in total. The van der Waals surface area contributed by atoms with Gasteiger partial charge in [-0.3, -0.25) is 14.9 Å². The van der Waals surface area contributed by atoms with E-state index in [1.54, 1.807) is 30.1 Å². The van der Waals surface area contributed by atoms with Crippen molar-refractivity contribution in [3.05, 3.63) is 70.6 Å². The maximum absolute atomic E-state index is 12.1. The number of carbonyl (C=O) groups is 2. The molecule has 0 radical (unpaired) electrons. The van der Waals surface area contributed by atoms with E-state index in [4.69, 9.17) is 4.42 Å². The van der Waals surface area contributed by atoms with Gasteiger partial charge in [-0.15, -0.1) is 11.3 Å². The Morgan fingerprint density at radius 1 is 1.21 bits per heavy atom. The molecule has 2 heterocycles. The summed E-state index contributed by atoms with van der Waals surface area (Å²) >= 11 is 3.08. The average Bonchev–Trinajstić information content (AvgIpc) is 3.31. The first-order valence-electron chi connectivity index (χ1n) is 8.80. The molecule has 0 spiro atoms. The molecular weight excluding hydrogens is 394 g/mol. The minimum Gasteiger partial charge on any atom is -0.469 e. The van der Waals surface area contributed by atoms with Gasteiger partial charge in [-0.05, 0) is 18.6 Å². The maximum Gasteiger partial charge on any atom is 0.260 e. The van der Waals surface area contributed by atoms with Gasteiger partial charge in [0.05, 0.1) is 23.9 Å². The number of thioether (sulfide) groups is 1. The SMILES string of the molecule is Cc1occc1C(=O)Nc1nc(CC(=O)NCCSCc2ccccc2)cs1. The first-order valence-corrected chi connectivity index (χ1v) is 10.8. The first kappa shape index (κ1) is 20.2. The average molecular weight is 416 g/mol. The number of nitrogens with zero attached hydrogens (tertiary/aromatic N) is 1. The van der Waals surface area contributed by atoms with E-state index in [9.17, 15) is 9.59 Å². The molecule has 0 saturated heterocycles. The third-order valence-corrected chi connectivity index (χ3v) is 5.73. The number of hydrogen-bond acceptors (Lipinski definition) is 6. The van der Waals surface area contributed by atoms with Crippen molar-refractivity contribution < 1.29 is 14.0 Å². The van der Waals surface area contributed by atoms with Crippen LogP contribution in [0, 0.1) is 6.92 Å². The summed E-state index contributed by atoms with van der Waals surface area (Å²) in [5.41, 5.74) is 2.39. The highest BCUT2D eigenvalue weighted by Gasteiger charge is 2.14. The van der Waals surface area contributed by atoms with Crippen LogP contribution >= 0.6 is 23.1 Å². The lowest BCUT2D eigenvalue weighted by atomic mass is 10.2. The zero-order chi connectivity index (χ0) is 19.8. The molecule has 0 unspecified atom stereocenters. The lowest BCUT2D eigenvalue weighted by Gasteiger charge is -2.04. The molecule has 0 bridgehead atoms. The summed E-state index contributed by atoms with van der Waals surface area (Å²) < 4.78 is 5.13. The molecule has 0 saturated carbocycles. The van der Waals surface area contributed by atoms with E-state index >= 15 is 0 Å². The van der Waals surface area contributed by atoms with Crippen LogP contribution in [0.1, 0.15) is 27.4 Å². The predicted octanol–water partition coefficient (Wildman–Crippen LogP) is 3.89. The summed E-state index contributed by atoms with van der Waals surface area (Å²) in [4.78, 5) is 28.5. The Morgan fingerprint density at radius 2 is 2.04 bits per heavy atom. The minimum absolute atomic E-state index is 0.0748. The third kappa shape index (κ3) is 5.97. The van der Waals surface area contributed by atoms with Crippen LogP contribution in [-0.2, 0) is 17.0 Å². The summed E-state index contributed by atoms with van der Waals surface area (Å²) in [6, 6.07) is 11.9. The van der Waals surface area contributed by atoms with Crippen LogP contribution in [0.5, 0.6) is 0 Å². The van der Waals surface area contributed by atoms with Gasteiger partial charge >= 0.3 is 0 Å². The quantitative estimate of drug-likeness (QED) is 0.518. The van der Waals surface area contributed by atoms with E-state index in [0.717, 1.165) is 11.5 Å². The second-order valence-electron chi connectivity index (χ2n) is 6.05. The van der Waals surface area contributed by atoms with Gasteiger partial charge in [0.15, 0.2) is 5.13 Å². The molecule has 0 aliphatic carbocycles. The Bertz CT molecular complexity index is 922. The number of carbonyl (C=O) groups excluding carboxylic acids is 2. The number of aryl methyl sites for hydroxylation is 1. The highest BCUT2D eigenvalue weighted by atomic mass is 32.2. The molecule has 2 aromatic heterocycles. The van der Waals surface area contributed by atoms with Crippen molar-refractivity contribution in [2.45, 2.75) is 19.1 Å². The number of aromatic nitrogens is 1. The number of nitrogens with one attached hydrogen (secondary N) is 2. The van der Waals surface area contributed by atoms with Crippen molar-refractivity contribution in [3.8, 4) is 0 Å². The Labute approximate surface area is 171 Å². The fourth-order valence-electron chi connectivity index (χ4n) is 2.48. The molecule has 1 aromatic carbocycles. The summed E-state index contributed by atoms with van der Waals surface area (Å²) in [6.45, 7) is 2.34. The number of rotatable bonds is 9. The molecule has 6 nitrogen and oxygen atoms in total. The van der Waals surface area contributed by atoms with Crippen LogP contribution in [0.3, 0.4) is 0 Å². The highest BCUT2D eigenvalue weighted by Crippen LogP contribution is 2.18. The van der Waals surface area contributed by atoms with Gasteiger partial charge < -0.3 is 9.73 Å². The number of thiazole rings is 1. The molecule has 0 aliphatic heterocycles. The Morgan fingerprint density at radius 3 is 2.79 bits per heavy atom. The largest absolute Gasteiger partial charge is 0.469 e. The van der Waals surface area contributed by atoms with Crippen molar-refractivity contribution in [1.82, 2.24) is 10.3 Å². The zero-order valence-corrected chi connectivity index (χ0v) is 17.1. The van der Waals surface area contributed by atoms with Crippen LogP contribution in [0.25, 0.3) is 0 Å². The highest BCUT2D eigenvalue weighted by molar-refractivity contribution is 7.98. The van der Waals surface area contributed by atoms with Gasteiger partial charge in [0.25, 0.3) is 5.91 Å². The third-order valence-electron chi connectivity index (χ3n) is 3.90. The minimum atomic E-state index is -0.271. The smallest absolute Gasteiger partial charge is 0.260 e. The second kappa shape index (κ2) is 10.1. The summed E-state index contributed by atoms with van der Waals surface area (Å²) in [6.07, 6.45) is 1.67. The first-order chi connectivity index (χ1) is 13.6. The molecule has 0 atom stereocenters. The molecule has 3 rings (SSSR count). The lowest BCUT2D eigenvalue weighted by Crippen LogP contribution is -2.27. The van der Waals surface area contributed by atoms with Crippen LogP contribution in [-0.4, -0.2) is 29.1 Å². The number of anilines is 1. The predicted molar refractivity (Wildman–Crippen MR) is 113 cm³/mol. The molecule has 3 aromatic rings. The number of hydrogen-bond donors (Lipinski definition) is 2. The second-order valence-corrected chi connectivity index (χ2v) is 8.02. The van der Waals surface area contributed by atoms with Gasteiger partial charge in [-0.25, -0.2) is 4.98 Å². The molecule has 2 amide bonds. The van der Waals surface area contributed by atoms with Gasteiger partial charge in [0, 0.05) is 23.4 Å². The van der Waals surface area contributed by atoms with E-state index in [-0.39, 0.29) is 18.2 Å². The monoisotopic (exact) mass is 415 g/mol. The standard InChI is InChI=1S/C20H21N3O3S2/c1-14-17(7-9-26-14)19(25)23-20-22-16(13-28-20)11-18(24)21-8-10-27-12-15-5-3-2-4-6-15/h2-7,9,13H,8,10-12H2,1H3,(H,21,24)(H,22,23,25). The molecule has 0 fully saturated rings. The normalized spacial score (nSPS) is 10.6. The van der Waals surface area contributed by atoms with Crippen molar-refractivity contribution in [3.63, 3.8) is 0 Å². The van der Waals surface area contributed by atoms with Crippen LogP contribution in [0.2, 0.25) is 0 Å². The van der Waals surface area contributed by atoms with E-state index in [2.05, 4.69) is 27.8 Å². The van der Waals surface area contributed by atoms with E-state index in [1.807, 2.05) is 18.2 Å². The van der Waals surface area contributed by atoms with Crippen molar-refractivity contribution in [2.75, 3.05) is 17.6 Å². The Balaban J connectivity index is 1.36. The van der Waals surface area contributed by atoms with Gasteiger partial charge in [-0.1, -0.05) is 30.3 Å². The molecule has 28 heavy (non-hydrogen) atoms. The summed E-state index contributed by atoms with van der Waals surface area (Å²) in [5, 5.41) is 7.87. The summed E-state index contributed by atoms with van der Waals surface area (Å²) in [5.74, 6) is 1.99. The van der Waals surface area contributed by atoms with Crippen LogP contribution in [0.15, 0.2) is 52.5 Å². The van der Waals surface area contributed by atoms with E-state index in [0.29, 0.717) is 28.7 Å². The molecule has 146 valence electrons. The fraction of sp³-hybridized carbons (Fsp3) is 0.250. The van der Waals surface area contributed by atoms with Gasteiger partial charge in [0.1, 0.15) is 5.76 Å². The zero-order valence-electron chi connectivity index (χ0n) is 15.4. The Hall–Kier alpha value is -2.58. The molecule has 8 heteroatoms. The van der Waals surface area contributed by atoms with Crippen LogP contribution < -0.4 is 10.6 Å². The fourth-order valence-corrected chi connectivity index (χ4v) is 4.01. The Kier molecular flexibility index (Phi) is 7.27. The van der Waals surface area contributed by atoms with E-state index < -0.39 is 0 Å². The van der Waals surface area contributed by atoms with Crippen molar-refractivity contribution >= 4 is 40.0 Å². The lowest BCUT2D eigenvalue weighted by molar-refractivity contribution is -0.120. The van der Waals surface area contributed by atoms with Gasteiger partial charge in [0.2, 0.25) is 5.91 Å². The topological polar surface area (TPSA) is 84.2 Å². The van der Waals surface area contributed by atoms with Crippen LogP contribution in [0.4, 0.5) is 5.13 Å². The molecule has 0 aliphatic rings. The number of benzene rings is 1. The number of furan rings is 1. The number of amides is 2. The van der Waals surface area contributed by atoms with E-state index in [1.165, 1.54) is 23.2 Å². The maximum atomic E-state index is 12.1. The van der Waals surface area contributed by atoms with Gasteiger partial charge in [-0.2, -0.15) is 11.8 Å². The summed E-state index contributed by atoms with van der Waals surface area (Å²) in [7, 11) is 0. The van der Waals surface area contributed by atoms with Crippen molar-refractivity contribution in [2.24, 2.45) is 0 Å².